The summed E-state index contributed by atoms with van der Waals surface area (Å²) in [4.78, 5) is 16.0. The molecule has 11 heavy (non-hydrogen) atoms. The number of hydroxylamine groups is 2. The summed E-state index contributed by atoms with van der Waals surface area (Å²) in [5.41, 5.74) is 0. The van der Waals surface area contributed by atoms with E-state index in [1.165, 1.54) is 12.2 Å². The lowest BCUT2D eigenvalue weighted by atomic mass is 10.00. The van der Waals surface area contributed by atoms with E-state index in [1.807, 2.05) is 13.0 Å². The zero-order chi connectivity index (χ0) is 8.43. The molecule has 0 aromatic rings. The summed E-state index contributed by atoms with van der Waals surface area (Å²) in [5, 5.41) is 1.39. The SMILES string of the molecule is CON1C(=O)C=CC(C)C1C. The average molecular weight is 155 g/mol. The van der Waals surface area contributed by atoms with Crippen molar-refractivity contribution >= 4 is 5.91 Å². The van der Waals surface area contributed by atoms with Crippen molar-refractivity contribution in [2.45, 2.75) is 19.9 Å². The van der Waals surface area contributed by atoms with Crippen LogP contribution in [0.25, 0.3) is 0 Å². The normalized spacial score (nSPS) is 31.2. The van der Waals surface area contributed by atoms with E-state index in [-0.39, 0.29) is 11.9 Å². The number of amides is 1. The quantitative estimate of drug-likeness (QED) is 0.564. The third kappa shape index (κ3) is 1.43. The molecule has 2 unspecified atom stereocenters. The summed E-state index contributed by atoms with van der Waals surface area (Å²) in [7, 11) is 1.51. The monoisotopic (exact) mass is 155 g/mol. The first kappa shape index (κ1) is 8.27. The van der Waals surface area contributed by atoms with Crippen molar-refractivity contribution in [1.82, 2.24) is 5.06 Å². The second-order valence-electron chi connectivity index (χ2n) is 2.81. The largest absolute Gasteiger partial charge is 0.274 e. The highest BCUT2D eigenvalue weighted by Crippen LogP contribution is 2.17. The van der Waals surface area contributed by atoms with Crippen LogP contribution in [-0.4, -0.2) is 24.1 Å². The molecule has 0 saturated carbocycles. The molecule has 0 spiro atoms. The van der Waals surface area contributed by atoms with Crippen molar-refractivity contribution in [3.05, 3.63) is 12.2 Å². The Hall–Kier alpha value is -0.830. The first-order valence-electron chi connectivity index (χ1n) is 3.72. The first-order chi connectivity index (χ1) is 5.16. The molecule has 3 heteroatoms. The maximum atomic E-state index is 11.1. The van der Waals surface area contributed by atoms with Crippen molar-refractivity contribution in [2.75, 3.05) is 7.11 Å². The molecule has 1 amide bonds. The third-order valence-corrected chi connectivity index (χ3v) is 2.09. The molecule has 0 radical (unpaired) electrons. The zero-order valence-electron chi connectivity index (χ0n) is 7.07. The maximum absolute atomic E-state index is 11.1. The number of hydrogen-bond acceptors (Lipinski definition) is 2. The van der Waals surface area contributed by atoms with Gasteiger partial charge in [0.15, 0.2) is 0 Å². The average Bonchev–Trinajstić information content (AvgIpc) is 1.99. The predicted molar refractivity (Wildman–Crippen MR) is 41.6 cm³/mol. The highest BCUT2D eigenvalue weighted by Gasteiger charge is 2.25. The molecule has 0 fully saturated rings. The smallest absolute Gasteiger partial charge is 0.270 e. The van der Waals surface area contributed by atoms with Gasteiger partial charge < -0.3 is 0 Å². The van der Waals surface area contributed by atoms with Gasteiger partial charge in [-0.25, -0.2) is 5.06 Å². The van der Waals surface area contributed by atoms with Gasteiger partial charge in [0.2, 0.25) is 0 Å². The van der Waals surface area contributed by atoms with E-state index in [1.54, 1.807) is 6.08 Å². The minimum Gasteiger partial charge on any atom is -0.274 e. The Morgan fingerprint density at radius 1 is 1.55 bits per heavy atom. The van der Waals surface area contributed by atoms with Crippen LogP contribution in [0, 0.1) is 5.92 Å². The highest BCUT2D eigenvalue weighted by atomic mass is 16.7. The molecular weight excluding hydrogens is 142 g/mol. The topological polar surface area (TPSA) is 29.5 Å². The summed E-state index contributed by atoms with van der Waals surface area (Å²) >= 11 is 0. The summed E-state index contributed by atoms with van der Waals surface area (Å²) in [6, 6.07) is 0.137. The minimum absolute atomic E-state index is 0.0712. The van der Waals surface area contributed by atoms with Crippen LogP contribution in [0.5, 0.6) is 0 Å². The second-order valence-corrected chi connectivity index (χ2v) is 2.81. The minimum atomic E-state index is -0.0712. The van der Waals surface area contributed by atoms with Crippen molar-refractivity contribution in [2.24, 2.45) is 5.92 Å². The molecule has 0 aliphatic carbocycles. The lowest BCUT2D eigenvalue weighted by Crippen LogP contribution is -2.42. The molecule has 0 bridgehead atoms. The summed E-state index contributed by atoms with van der Waals surface area (Å²) < 4.78 is 0. The Morgan fingerprint density at radius 3 is 2.64 bits per heavy atom. The van der Waals surface area contributed by atoms with Gasteiger partial charge in [0, 0.05) is 6.08 Å². The van der Waals surface area contributed by atoms with Gasteiger partial charge in [0.25, 0.3) is 5.91 Å². The lowest BCUT2D eigenvalue weighted by molar-refractivity contribution is -0.186. The molecule has 0 aromatic heterocycles. The molecule has 2 atom stereocenters. The van der Waals surface area contributed by atoms with Crippen LogP contribution >= 0.6 is 0 Å². The lowest BCUT2D eigenvalue weighted by Gasteiger charge is -2.31. The summed E-state index contributed by atoms with van der Waals surface area (Å²) in [6.45, 7) is 4.02. The molecular formula is C8H13NO2. The van der Waals surface area contributed by atoms with Crippen LogP contribution in [-0.2, 0) is 9.63 Å². The van der Waals surface area contributed by atoms with E-state index < -0.39 is 0 Å². The Kier molecular flexibility index (Phi) is 2.29. The number of carbonyl (C=O) groups excluding carboxylic acids is 1. The van der Waals surface area contributed by atoms with Crippen LogP contribution in [0.1, 0.15) is 13.8 Å². The van der Waals surface area contributed by atoms with Gasteiger partial charge in [-0.05, 0) is 12.8 Å². The van der Waals surface area contributed by atoms with Gasteiger partial charge in [-0.3, -0.25) is 9.63 Å². The van der Waals surface area contributed by atoms with Crippen LogP contribution in [0.2, 0.25) is 0 Å². The van der Waals surface area contributed by atoms with Crippen LogP contribution in [0.3, 0.4) is 0 Å². The Balaban J connectivity index is 2.78. The van der Waals surface area contributed by atoms with Gasteiger partial charge in [-0.15, -0.1) is 0 Å². The van der Waals surface area contributed by atoms with Gasteiger partial charge in [-0.1, -0.05) is 13.0 Å². The second kappa shape index (κ2) is 3.05. The van der Waals surface area contributed by atoms with E-state index in [0.717, 1.165) is 0 Å². The Bertz CT molecular complexity index is 189. The highest BCUT2D eigenvalue weighted by molar-refractivity contribution is 5.87. The molecule has 1 aliphatic heterocycles. The van der Waals surface area contributed by atoms with Crippen LogP contribution in [0.4, 0.5) is 0 Å². The van der Waals surface area contributed by atoms with Crippen LogP contribution < -0.4 is 0 Å². The standard InChI is InChI=1S/C8H13NO2/c1-6-4-5-8(10)9(11-3)7(6)2/h4-7H,1-3H3. The van der Waals surface area contributed by atoms with Crippen molar-refractivity contribution in [3.63, 3.8) is 0 Å². The first-order valence-corrected chi connectivity index (χ1v) is 3.72. The van der Waals surface area contributed by atoms with Crippen molar-refractivity contribution < 1.29 is 9.63 Å². The Labute approximate surface area is 66.6 Å². The molecule has 1 aliphatic rings. The van der Waals surface area contributed by atoms with Crippen LogP contribution in [0.15, 0.2) is 12.2 Å². The fraction of sp³-hybridized carbons (Fsp3) is 0.625. The molecule has 3 nitrogen and oxygen atoms in total. The predicted octanol–water partition coefficient (Wildman–Crippen LogP) is 0.971. The van der Waals surface area contributed by atoms with Crippen molar-refractivity contribution in [3.8, 4) is 0 Å². The molecule has 1 rings (SSSR count). The summed E-state index contributed by atoms with van der Waals surface area (Å²) in [5.74, 6) is 0.297. The third-order valence-electron chi connectivity index (χ3n) is 2.09. The van der Waals surface area contributed by atoms with Gasteiger partial charge in [-0.2, -0.15) is 0 Å². The number of nitrogens with zero attached hydrogens (tertiary/aromatic N) is 1. The molecule has 0 N–H and O–H groups in total. The Morgan fingerprint density at radius 2 is 2.18 bits per heavy atom. The number of carbonyl (C=O) groups is 1. The van der Waals surface area contributed by atoms with Gasteiger partial charge >= 0.3 is 0 Å². The fourth-order valence-electron chi connectivity index (χ4n) is 1.14. The molecule has 1 heterocycles. The van der Waals surface area contributed by atoms with E-state index in [0.29, 0.717) is 5.92 Å². The zero-order valence-corrected chi connectivity index (χ0v) is 7.07. The number of hydrogen-bond donors (Lipinski definition) is 0. The van der Waals surface area contributed by atoms with Crippen molar-refractivity contribution in [1.29, 1.82) is 0 Å². The summed E-state index contributed by atoms with van der Waals surface area (Å²) in [6.07, 6.45) is 3.46. The van der Waals surface area contributed by atoms with Gasteiger partial charge in [0.1, 0.15) is 0 Å². The van der Waals surface area contributed by atoms with E-state index in [4.69, 9.17) is 4.84 Å². The van der Waals surface area contributed by atoms with E-state index >= 15 is 0 Å². The molecule has 0 aromatic carbocycles. The van der Waals surface area contributed by atoms with E-state index in [9.17, 15) is 4.79 Å². The maximum Gasteiger partial charge on any atom is 0.270 e. The van der Waals surface area contributed by atoms with E-state index in [2.05, 4.69) is 6.92 Å². The molecule has 62 valence electrons. The number of rotatable bonds is 1. The molecule has 0 saturated heterocycles. The fourth-order valence-corrected chi connectivity index (χ4v) is 1.14. The van der Waals surface area contributed by atoms with Gasteiger partial charge in [0.05, 0.1) is 13.2 Å².